The molecule has 1 atom stereocenters. The number of carbonyl (C=O) groups excluding carboxylic acids is 1. The van der Waals surface area contributed by atoms with Gasteiger partial charge in [-0.1, -0.05) is 24.3 Å². The van der Waals surface area contributed by atoms with E-state index in [0.717, 1.165) is 12.1 Å². The van der Waals surface area contributed by atoms with E-state index in [1.54, 1.807) is 24.3 Å². The summed E-state index contributed by atoms with van der Waals surface area (Å²) in [6.07, 6.45) is 2.52. The zero-order valence-corrected chi connectivity index (χ0v) is 16.7. The first-order valence-electron chi connectivity index (χ1n) is 9.55. The number of hydrogen-bond donors (Lipinski definition) is 2. The number of benzene rings is 2. The van der Waals surface area contributed by atoms with Crippen LogP contribution in [0.4, 0.5) is 5.69 Å². The lowest BCUT2D eigenvalue weighted by molar-refractivity contribution is 0.0791. The summed E-state index contributed by atoms with van der Waals surface area (Å²) in [6.45, 7) is 5.33. The number of aromatic amines is 1. The molecule has 4 rings (SSSR count). The average Bonchev–Trinajstić information content (AvgIpc) is 3.19. The number of hydrogen-bond acceptors (Lipinski definition) is 4. The minimum Gasteiger partial charge on any atom is -0.380 e. The first-order valence-corrected chi connectivity index (χ1v) is 9.96. The van der Waals surface area contributed by atoms with Crippen LogP contribution in [0.5, 0.6) is 0 Å². The molecule has 2 heterocycles. The predicted molar refractivity (Wildman–Crippen MR) is 118 cm³/mol. The van der Waals surface area contributed by atoms with E-state index in [0.29, 0.717) is 40.9 Å². The van der Waals surface area contributed by atoms with Crippen molar-refractivity contribution >= 4 is 34.7 Å². The Balaban J connectivity index is 1.54. The molecule has 0 radical (unpaired) electrons. The minimum absolute atomic E-state index is 0.0427. The maximum Gasteiger partial charge on any atom is 0.262 e. The van der Waals surface area contributed by atoms with E-state index < -0.39 is 0 Å². The first kappa shape index (κ1) is 19.1. The van der Waals surface area contributed by atoms with Gasteiger partial charge in [0, 0.05) is 36.9 Å². The molecule has 1 aliphatic heterocycles. The van der Waals surface area contributed by atoms with Crippen molar-refractivity contribution in [3.05, 3.63) is 81.9 Å². The number of allylic oxidation sites excluding steroid dienone is 1. The van der Waals surface area contributed by atoms with E-state index in [9.17, 15) is 9.59 Å². The van der Waals surface area contributed by atoms with Crippen LogP contribution in [-0.4, -0.2) is 39.5 Å². The fraction of sp³-hybridized carbons (Fsp3) is 0.227. The second-order valence-corrected chi connectivity index (χ2v) is 7.53. The first-order chi connectivity index (χ1) is 14.1. The number of carbonyl (C=O) groups is 1. The van der Waals surface area contributed by atoms with Crippen LogP contribution in [0.15, 0.2) is 66.0 Å². The molecule has 1 unspecified atom stereocenters. The maximum atomic E-state index is 13.0. The molecule has 7 heteroatoms. The summed E-state index contributed by atoms with van der Waals surface area (Å²) in [7, 11) is 0. The molecule has 0 bridgehead atoms. The second-order valence-electron chi connectivity index (χ2n) is 7.14. The Morgan fingerprint density at radius 2 is 2.07 bits per heavy atom. The van der Waals surface area contributed by atoms with Gasteiger partial charge in [-0.05, 0) is 49.0 Å². The normalized spacial score (nSPS) is 16.1. The number of nitrogens with one attached hydrogen (secondary N) is 2. The van der Waals surface area contributed by atoms with Gasteiger partial charge < -0.3 is 15.2 Å². The summed E-state index contributed by atoms with van der Waals surface area (Å²) < 4.78 is 1.77. The molecule has 2 N–H and O–H groups in total. The molecule has 2 aromatic carbocycles. The van der Waals surface area contributed by atoms with Crippen molar-refractivity contribution in [3.8, 4) is 0 Å². The third kappa shape index (κ3) is 3.86. The van der Waals surface area contributed by atoms with Crippen molar-refractivity contribution in [1.29, 1.82) is 0 Å². The molecule has 0 spiro atoms. The van der Waals surface area contributed by atoms with Gasteiger partial charge in [0.15, 0.2) is 4.77 Å². The molecule has 1 aliphatic rings. The number of H-pyrrole nitrogens is 1. The minimum atomic E-state index is -0.184. The van der Waals surface area contributed by atoms with Crippen LogP contribution < -0.4 is 10.9 Å². The predicted octanol–water partition coefficient (Wildman–Crippen LogP) is 3.57. The Morgan fingerprint density at radius 3 is 2.83 bits per heavy atom. The molecule has 0 saturated carbocycles. The van der Waals surface area contributed by atoms with E-state index >= 15 is 0 Å². The summed E-state index contributed by atoms with van der Waals surface area (Å²) in [5.74, 6) is -0.0427. The summed E-state index contributed by atoms with van der Waals surface area (Å²) in [4.78, 5) is 30.5. The van der Waals surface area contributed by atoms with E-state index in [1.165, 1.54) is 4.57 Å². The third-order valence-corrected chi connectivity index (χ3v) is 5.48. The molecule has 3 aromatic rings. The fourth-order valence-electron chi connectivity index (χ4n) is 3.70. The number of para-hydroxylation sites is 1. The van der Waals surface area contributed by atoms with Crippen LogP contribution in [0.3, 0.4) is 0 Å². The van der Waals surface area contributed by atoms with Gasteiger partial charge in [0.2, 0.25) is 0 Å². The Morgan fingerprint density at radius 1 is 1.28 bits per heavy atom. The van der Waals surface area contributed by atoms with Crippen LogP contribution in [0, 0.1) is 4.77 Å². The summed E-state index contributed by atoms with van der Waals surface area (Å²) in [5.41, 5.74) is 1.99. The van der Waals surface area contributed by atoms with Gasteiger partial charge in [-0.3, -0.25) is 14.2 Å². The quantitative estimate of drug-likeness (QED) is 0.502. The van der Waals surface area contributed by atoms with Crippen LogP contribution >= 0.6 is 12.2 Å². The Bertz CT molecular complexity index is 1180. The largest absolute Gasteiger partial charge is 0.380 e. The zero-order valence-electron chi connectivity index (χ0n) is 15.9. The highest BCUT2D eigenvalue weighted by atomic mass is 32.1. The van der Waals surface area contributed by atoms with Gasteiger partial charge >= 0.3 is 0 Å². The van der Waals surface area contributed by atoms with Crippen LogP contribution in [-0.2, 0) is 6.54 Å². The van der Waals surface area contributed by atoms with Gasteiger partial charge in [0.1, 0.15) is 0 Å². The van der Waals surface area contributed by atoms with Crippen molar-refractivity contribution < 1.29 is 4.79 Å². The number of likely N-dealkylation sites (tertiary alicyclic amines) is 1. The zero-order chi connectivity index (χ0) is 20.4. The van der Waals surface area contributed by atoms with Gasteiger partial charge in [0.05, 0.1) is 10.9 Å². The van der Waals surface area contributed by atoms with Crippen LogP contribution in [0.25, 0.3) is 10.9 Å². The van der Waals surface area contributed by atoms with E-state index in [1.807, 2.05) is 35.2 Å². The molecule has 1 saturated heterocycles. The monoisotopic (exact) mass is 406 g/mol. The molecule has 29 heavy (non-hydrogen) atoms. The van der Waals surface area contributed by atoms with Crippen LogP contribution in [0.2, 0.25) is 0 Å². The maximum absolute atomic E-state index is 13.0. The molecule has 0 aliphatic carbocycles. The van der Waals surface area contributed by atoms with Crippen molar-refractivity contribution in [1.82, 2.24) is 14.5 Å². The van der Waals surface area contributed by atoms with Crippen molar-refractivity contribution in [3.63, 3.8) is 0 Å². The van der Waals surface area contributed by atoms with E-state index in [4.69, 9.17) is 12.2 Å². The van der Waals surface area contributed by atoms with Gasteiger partial charge in [-0.2, -0.15) is 0 Å². The highest BCUT2D eigenvalue weighted by molar-refractivity contribution is 7.71. The molecule has 1 aromatic heterocycles. The third-order valence-electron chi connectivity index (χ3n) is 5.16. The van der Waals surface area contributed by atoms with Crippen molar-refractivity contribution in [2.24, 2.45) is 0 Å². The highest BCUT2D eigenvalue weighted by Crippen LogP contribution is 2.19. The van der Waals surface area contributed by atoms with E-state index in [-0.39, 0.29) is 17.5 Å². The fourth-order valence-corrected chi connectivity index (χ4v) is 3.97. The molecule has 1 fully saturated rings. The molecular weight excluding hydrogens is 384 g/mol. The number of rotatable bonds is 5. The molecular formula is C22H22N4O2S. The number of fused-ring (bicyclic) bond motifs is 1. The topological polar surface area (TPSA) is 70.1 Å². The Labute approximate surface area is 173 Å². The lowest BCUT2D eigenvalue weighted by Gasteiger charge is -2.18. The van der Waals surface area contributed by atoms with Crippen molar-refractivity contribution in [2.75, 3.05) is 18.4 Å². The number of aromatic nitrogens is 2. The van der Waals surface area contributed by atoms with Gasteiger partial charge in [-0.25, -0.2) is 0 Å². The Kier molecular flexibility index (Phi) is 5.31. The number of nitrogens with zero attached hydrogens (tertiary/aromatic N) is 2. The second kappa shape index (κ2) is 8.05. The lowest BCUT2D eigenvalue weighted by Crippen LogP contribution is -2.31. The Hall–Kier alpha value is -3.19. The number of amides is 1. The summed E-state index contributed by atoms with van der Waals surface area (Å²) in [5, 5.41) is 3.98. The van der Waals surface area contributed by atoms with Gasteiger partial charge in [0.25, 0.3) is 11.5 Å². The standard InChI is InChI=1S/C22H22N4O2S/c1-2-11-26-21(28)18-9-8-15(13-19(18)24-22(26)29)20(27)25-12-10-17(14-25)23-16-6-4-3-5-7-16/h2-9,13,17,23H,1,10-12,14H2,(H,24,29). The van der Waals surface area contributed by atoms with E-state index in [2.05, 4.69) is 16.9 Å². The molecule has 6 nitrogen and oxygen atoms in total. The smallest absolute Gasteiger partial charge is 0.262 e. The molecule has 148 valence electrons. The van der Waals surface area contributed by atoms with Gasteiger partial charge in [-0.15, -0.1) is 6.58 Å². The lowest BCUT2D eigenvalue weighted by atomic mass is 10.1. The molecule has 1 amide bonds. The summed E-state index contributed by atoms with van der Waals surface area (Å²) >= 11 is 5.28. The average molecular weight is 407 g/mol. The van der Waals surface area contributed by atoms with Crippen molar-refractivity contribution in [2.45, 2.75) is 19.0 Å². The SMILES string of the molecule is C=CCn1c(=S)[nH]c2cc(C(=O)N3CCC(Nc4ccccc4)C3)ccc2c1=O. The summed E-state index contributed by atoms with van der Waals surface area (Å²) in [6, 6.07) is 15.3. The highest BCUT2D eigenvalue weighted by Gasteiger charge is 2.27. The van der Waals surface area contributed by atoms with Crippen LogP contribution in [0.1, 0.15) is 16.8 Å². The number of anilines is 1.